The van der Waals surface area contributed by atoms with Crippen LogP contribution in [0.4, 0.5) is 10.2 Å². The second-order valence-corrected chi connectivity index (χ2v) is 10.9. The number of rotatable bonds is 4. The van der Waals surface area contributed by atoms with Crippen molar-refractivity contribution in [2.45, 2.75) is 56.7 Å². The molecule has 0 bridgehead atoms. The lowest BCUT2D eigenvalue weighted by atomic mass is 9.85. The van der Waals surface area contributed by atoms with Gasteiger partial charge < -0.3 is 10.1 Å². The molecule has 3 atom stereocenters. The van der Waals surface area contributed by atoms with E-state index >= 15 is 0 Å². The molecule has 2 saturated heterocycles. The van der Waals surface area contributed by atoms with Crippen LogP contribution in [-0.4, -0.2) is 53.8 Å². The summed E-state index contributed by atoms with van der Waals surface area (Å²) in [5, 5.41) is 5.77. The normalized spacial score (nSPS) is 31.8. The van der Waals surface area contributed by atoms with E-state index in [0.717, 1.165) is 53.7 Å². The van der Waals surface area contributed by atoms with E-state index in [-0.39, 0.29) is 18.4 Å². The Balaban J connectivity index is 1.18. The average Bonchev–Trinajstić information content (AvgIpc) is 3.70. The Labute approximate surface area is 192 Å². The Hall–Kier alpha value is -1.76. The van der Waals surface area contributed by atoms with Gasteiger partial charge in [-0.15, -0.1) is 0 Å². The van der Waals surface area contributed by atoms with Crippen molar-refractivity contribution in [1.29, 1.82) is 0 Å². The number of amides is 1. The predicted molar refractivity (Wildman–Crippen MR) is 123 cm³/mol. The second kappa shape index (κ2) is 7.37. The van der Waals surface area contributed by atoms with E-state index in [9.17, 15) is 9.18 Å². The van der Waals surface area contributed by atoms with Crippen LogP contribution in [0.15, 0.2) is 24.4 Å². The number of carbonyl (C=O) groups is 1. The number of carbonyl (C=O) groups excluding carboxylic acids is 1. The fourth-order valence-electron chi connectivity index (χ4n) is 5.84. The molecule has 170 valence electrons. The summed E-state index contributed by atoms with van der Waals surface area (Å²) in [6, 6.07) is 6.07. The molecule has 2 saturated carbocycles. The smallest absolute Gasteiger partial charge is 0.229 e. The van der Waals surface area contributed by atoms with E-state index in [0.29, 0.717) is 23.8 Å². The highest BCUT2D eigenvalue weighted by Gasteiger charge is 2.65. The molecule has 4 fully saturated rings. The van der Waals surface area contributed by atoms with Crippen LogP contribution in [-0.2, 0) is 9.53 Å². The van der Waals surface area contributed by atoms with Gasteiger partial charge in [-0.3, -0.25) is 9.69 Å². The molecule has 0 unspecified atom stereocenters. The van der Waals surface area contributed by atoms with Gasteiger partial charge >= 0.3 is 0 Å². The zero-order valence-corrected chi connectivity index (χ0v) is 19.1. The Morgan fingerprint density at radius 2 is 2.03 bits per heavy atom. The molecule has 2 aromatic rings. The number of pyridine rings is 1. The molecular formula is C25H29ClFN3O2. The van der Waals surface area contributed by atoms with Gasteiger partial charge in [-0.05, 0) is 92.6 Å². The highest BCUT2D eigenvalue weighted by atomic mass is 35.5. The summed E-state index contributed by atoms with van der Waals surface area (Å²) in [6.07, 6.45) is 6.13. The minimum Gasteiger partial charge on any atom is -0.376 e. The molecule has 2 aliphatic heterocycles. The summed E-state index contributed by atoms with van der Waals surface area (Å²) >= 11 is 6.67. The first kappa shape index (κ1) is 20.8. The molecule has 2 aliphatic carbocycles. The maximum Gasteiger partial charge on any atom is 0.229 e. The minimum absolute atomic E-state index is 0.103. The van der Waals surface area contributed by atoms with Crippen LogP contribution in [0.5, 0.6) is 0 Å². The first-order valence-corrected chi connectivity index (χ1v) is 12.1. The lowest BCUT2D eigenvalue weighted by Gasteiger charge is -2.43. The number of hydrogen-bond donors (Lipinski definition) is 1. The molecule has 7 heteroatoms. The van der Waals surface area contributed by atoms with Gasteiger partial charge in [0.25, 0.3) is 0 Å². The monoisotopic (exact) mass is 457 g/mol. The van der Waals surface area contributed by atoms with Crippen LogP contribution in [0, 0.1) is 11.3 Å². The van der Waals surface area contributed by atoms with E-state index in [4.69, 9.17) is 16.3 Å². The molecule has 1 N–H and O–H groups in total. The van der Waals surface area contributed by atoms with E-state index in [2.05, 4.69) is 21.3 Å². The summed E-state index contributed by atoms with van der Waals surface area (Å²) in [5.41, 5.74) is 0.948. The number of anilines is 1. The third-order valence-electron chi connectivity index (χ3n) is 8.48. The summed E-state index contributed by atoms with van der Waals surface area (Å²) in [7, 11) is 0. The minimum atomic E-state index is -0.935. The summed E-state index contributed by atoms with van der Waals surface area (Å²) in [6.45, 7) is 4.30. The summed E-state index contributed by atoms with van der Waals surface area (Å²) in [4.78, 5) is 19.2. The highest BCUT2D eigenvalue weighted by molar-refractivity contribution is 6.32. The van der Waals surface area contributed by atoms with Gasteiger partial charge in [0.2, 0.25) is 5.91 Å². The first-order valence-electron chi connectivity index (χ1n) is 11.7. The molecule has 1 aromatic carbocycles. The van der Waals surface area contributed by atoms with Crippen molar-refractivity contribution in [3.05, 3.63) is 35.0 Å². The van der Waals surface area contributed by atoms with Crippen molar-refractivity contribution in [3.63, 3.8) is 0 Å². The van der Waals surface area contributed by atoms with Gasteiger partial charge in [0, 0.05) is 22.5 Å². The van der Waals surface area contributed by atoms with Crippen LogP contribution in [0.2, 0.25) is 5.02 Å². The number of nitrogens with zero attached hydrogens (tertiary/aromatic N) is 2. The molecule has 0 radical (unpaired) electrons. The van der Waals surface area contributed by atoms with Crippen molar-refractivity contribution in [2.75, 3.05) is 31.6 Å². The maximum absolute atomic E-state index is 14.4. The molecule has 5 nitrogen and oxygen atoms in total. The topological polar surface area (TPSA) is 54.5 Å². The average molecular weight is 458 g/mol. The molecule has 32 heavy (non-hydrogen) atoms. The molecule has 1 amide bonds. The molecule has 3 heterocycles. The third kappa shape index (κ3) is 3.42. The Morgan fingerprint density at radius 1 is 1.25 bits per heavy atom. The van der Waals surface area contributed by atoms with Crippen molar-refractivity contribution < 1.29 is 13.9 Å². The Bertz CT molecular complexity index is 1080. The Kier molecular flexibility index (Phi) is 4.80. The summed E-state index contributed by atoms with van der Waals surface area (Å²) in [5.74, 6) is 1.21. The lowest BCUT2D eigenvalue weighted by molar-refractivity contribution is -0.117. The molecule has 1 aromatic heterocycles. The standard InChI is InChI=1S/C25H29ClFN3O2/c1-24(14-32-13-21(24)27)30-6-2-15(3-7-30)18-8-16-10-22(28-12-17(16)9-20(18)26)29-23(31)19-11-25(19)4-5-25/h8-10,12,15,19,21H,2-7,11,13-14H2,1H3,(H,28,29,31)/t19-,21+,24-/m0/s1. The van der Waals surface area contributed by atoms with Crippen LogP contribution in [0.25, 0.3) is 10.8 Å². The number of benzene rings is 1. The van der Waals surface area contributed by atoms with Gasteiger partial charge in [-0.1, -0.05) is 11.6 Å². The van der Waals surface area contributed by atoms with Gasteiger partial charge in [-0.2, -0.15) is 0 Å². The van der Waals surface area contributed by atoms with Gasteiger partial charge in [0.15, 0.2) is 0 Å². The number of ether oxygens (including phenoxy) is 1. The quantitative estimate of drug-likeness (QED) is 0.707. The number of likely N-dealkylation sites (tertiary alicyclic amines) is 1. The molecular weight excluding hydrogens is 429 g/mol. The Morgan fingerprint density at radius 3 is 2.69 bits per heavy atom. The SMILES string of the molecule is C[C@]1(N2CCC(c3cc4cc(NC(=O)[C@@H]5CC56CC6)ncc4cc3Cl)CC2)COC[C@H]1F. The number of halogens is 2. The molecule has 6 rings (SSSR count). The second-order valence-electron chi connectivity index (χ2n) is 10.5. The number of alkyl halides is 1. The number of hydrogen-bond acceptors (Lipinski definition) is 4. The molecule has 4 aliphatic rings. The number of aromatic nitrogens is 1. The van der Waals surface area contributed by atoms with Crippen LogP contribution in [0.3, 0.4) is 0 Å². The van der Waals surface area contributed by atoms with Crippen molar-refractivity contribution >= 4 is 34.1 Å². The third-order valence-corrected chi connectivity index (χ3v) is 8.80. The van der Waals surface area contributed by atoms with E-state index < -0.39 is 11.7 Å². The maximum atomic E-state index is 14.4. The van der Waals surface area contributed by atoms with E-state index in [1.54, 1.807) is 6.20 Å². The largest absolute Gasteiger partial charge is 0.376 e. The van der Waals surface area contributed by atoms with Gasteiger partial charge in [0.05, 0.1) is 18.8 Å². The lowest BCUT2D eigenvalue weighted by Crippen LogP contribution is -2.55. The predicted octanol–water partition coefficient (Wildman–Crippen LogP) is 4.93. The first-order chi connectivity index (χ1) is 15.4. The summed E-state index contributed by atoms with van der Waals surface area (Å²) < 4.78 is 19.8. The fourth-order valence-corrected chi connectivity index (χ4v) is 6.17. The van der Waals surface area contributed by atoms with E-state index in [1.807, 2.05) is 19.1 Å². The van der Waals surface area contributed by atoms with Crippen molar-refractivity contribution in [1.82, 2.24) is 9.88 Å². The highest BCUT2D eigenvalue weighted by Crippen LogP contribution is 2.70. The number of nitrogens with one attached hydrogen (secondary N) is 1. The zero-order valence-electron chi connectivity index (χ0n) is 18.4. The number of fused-ring (bicyclic) bond motifs is 1. The molecule has 1 spiro atoms. The van der Waals surface area contributed by atoms with Crippen molar-refractivity contribution in [2.24, 2.45) is 11.3 Å². The van der Waals surface area contributed by atoms with Gasteiger partial charge in [-0.25, -0.2) is 9.37 Å². The van der Waals surface area contributed by atoms with Crippen LogP contribution >= 0.6 is 11.6 Å². The number of piperidine rings is 1. The zero-order chi connectivity index (χ0) is 22.1. The van der Waals surface area contributed by atoms with Crippen LogP contribution < -0.4 is 5.32 Å². The van der Waals surface area contributed by atoms with E-state index in [1.165, 1.54) is 12.8 Å². The van der Waals surface area contributed by atoms with Crippen LogP contribution in [0.1, 0.15) is 50.5 Å². The fraction of sp³-hybridized carbons (Fsp3) is 0.600. The van der Waals surface area contributed by atoms with Gasteiger partial charge in [0.1, 0.15) is 12.0 Å². The van der Waals surface area contributed by atoms with Crippen molar-refractivity contribution in [3.8, 4) is 0 Å².